The Kier molecular flexibility index (Phi) is 4.47. The van der Waals surface area contributed by atoms with Crippen LogP contribution in [0.1, 0.15) is 34.1 Å². The maximum atomic E-state index is 5.70. The number of ether oxygens (including phenoxy) is 1. The van der Waals surface area contributed by atoms with E-state index in [2.05, 4.69) is 15.4 Å². The molecule has 0 saturated heterocycles. The molecule has 2 aromatic heterocycles. The summed E-state index contributed by atoms with van der Waals surface area (Å²) in [6.45, 7) is 6.54. The topological polar surface area (TPSA) is 73.1 Å². The smallest absolute Gasteiger partial charge is 0.137 e. The first kappa shape index (κ1) is 13.9. The first-order valence-electron chi connectivity index (χ1n) is 6.13. The molecular formula is C13H18N4OS. The molecule has 2 heterocycles. The molecule has 0 amide bonds. The van der Waals surface area contributed by atoms with Gasteiger partial charge in [0.1, 0.15) is 5.75 Å². The third-order valence-corrected chi connectivity index (χ3v) is 3.88. The fraction of sp³-hybridized carbons (Fsp3) is 0.385. The van der Waals surface area contributed by atoms with E-state index in [1.807, 2.05) is 26.8 Å². The zero-order chi connectivity index (χ0) is 13.8. The van der Waals surface area contributed by atoms with Crippen molar-refractivity contribution in [1.82, 2.24) is 15.4 Å². The van der Waals surface area contributed by atoms with Gasteiger partial charge in [-0.3, -0.25) is 10.8 Å². The minimum atomic E-state index is -0.112. The number of rotatable bonds is 5. The minimum absolute atomic E-state index is 0.112. The number of aromatic nitrogens is 2. The molecule has 0 bridgehead atoms. The van der Waals surface area contributed by atoms with E-state index in [1.165, 1.54) is 0 Å². The van der Waals surface area contributed by atoms with Crippen LogP contribution in [-0.4, -0.2) is 16.6 Å². The third kappa shape index (κ3) is 3.09. The summed E-state index contributed by atoms with van der Waals surface area (Å²) >= 11 is 1.64. The molecule has 19 heavy (non-hydrogen) atoms. The van der Waals surface area contributed by atoms with Crippen LogP contribution in [0.2, 0.25) is 0 Å². The highest BCUT2D eigenvalue weighted by Crippen LogP contribution is 2.30. The van der Waals surface area contributed by atoms with Crippen molar-refractivity contribution in [3.05, 3.63) is 39.6 Å². The fourth-order valence-corrected chi connectivity index (χ4v) is 2.99. The average Bonchev–Trinajstić information content (AvgIpc) is 2.71. The van der Waals surface area contributed by atoms with E-state index in [0.29, 0.717) is 6.61 Å². The maximum absolute atomic E-state index is 5.70. The molecule has 6 heteroatoms. The van der Waals surface area contributed by atoms with Crippen LogP contribution in [0.25, 0.3) is 0 Å². The van der Waals surface area contributed by atoms with Crippen LogP contribution in [0.4, 0.5) is 0 Å². The van der Waals surface area contributed by atoms with Gasteiger partial charge in [-0.15, -0.1) is 11.3 Å². The van der Waals surface area contributed by atoms with Gasteiger partial charge in [0, 0.05) is 6.20 Å². The summed E-state index contributed by atoms with van der Waals surface area (Å²) in [5, 5.41) is 1.03. The van der Waals surface area contributed by atoms with Crippen LogP contribution >= 0.6 is 11.3 Å². The summed E-state index contributed by atoms with van der Waals surface area (Å²) in [5.74, 6) is 6.45. The van der Waals surface area contributed by atoms with Crippen molar-refractivity contribution in [1.29, 1.82) is 0 Å². The second-order valence-electron chi connectivity index (χ2n) is 4.17. The van der Waals surface area contributed by atoms with Gasteiger partial charge in [0.05, 0.1) is 34.4 Å². The largest absolute Gasteiger partial charge is 0.492 e. The van der Waals surface area contributed by atoms with Gasteiger partial charge in [0.2, 0.25) is 0 Å². The van der Waals surface area contributed by atoms with Gasteiger partial charge in [0.15, 0.2) is 0 Å². The number of aryl methyl sites for hydroxylation is 2. The number of hydrazine groups is 1. The Morgan fingerprint density at radius 3 is 2.79 bits per heavy atom. The lowest BCUT2D eigenvalue weighted by Gasteiger charge is -2.16. The summed E-state index contributed by atoms with van der Waals surface area (Å²) in [7, 11) is 0. The van der Waals surface area contributed by atoms with E-state index in [-0.39, 0.29) is 6.04 Å². The third-order valence-electron chi connectivity index (χ3n) is 2.75. The van der Waals surface area contributed by atoms with Gasteiger partial charge in [-0.2, -0.15) is 0 Å². The van der Waals surface area contributed by atoms with E-state index in [9.17, 15) is 0 Å². The molecule has 0 aliphatic heterocycles. The molecule has 1 unspecified atom stereocenters. The predicted molar refractivity (Wildman–Crippen MR) is 76.2 cm³/mol. The van der Waals surface area contributed by atoms with Crippen molar-refractivity contribution >= 4 is 11.3 Å². The van der Waals surface area contributed by atoms with Crippen LogP contribution in [0.5, 0.6) is 5.75 Å². The standard InChI is InChI=1S/C13H18N4OS/c1-4-18-11-5-10(6-15-7-11)12(17-14)13-8(2)16-9(3)19-13/h5-7,12,17H,4,14H2,1-3H3. The molecule has 2 rings (SSSR count). The Bertz CT molecular complexity index is 555. The highest BCUT2D eigenvalue weighted by atomic mass is 32.1. The molecule has 1 atom stereocenters. The van der Waals surface area contributed by atoms with Crippen LogP contribution in [-0.2, 0) is 0 Å². The van der Waals surface area contributed by atoms with E-state index in [4.69, 9.17) is 10.6 Å². The Balaban J connectivity index is 2.36. The van der Waals surface area contributed by atoms with Gasteiger partial charge >= 0.3 is 0 Å². The second-order valence-corrected chi connectivity index (χ2v) is 5.40. The summed E-state index contributed by atoms with van der Waals surface area (Å²) < 4.78 is 5.47. The summed E-state index contributed by atoms with van der Waals surface area (Å²) in [6.07, 6.45) is 3.49. The van der Waals surface area contributed by atoms with Crippen molar-refractivity contribution in [2.75, 3.05) is 6.61 Å². The number of thiazole rings is 1. The SMILES string of the molecule is CCOc1cncc(C(NN)c2sc(C)nc2C)c1. The zero-order valence-corrected chi connectivity index (χ0v) is 12.1. The first-order chi connectivity index (χ1) is 9.15. The summed E-state index contributed by atoms with van der Waals surface area (Å²) in [6, 6.07) is 1.84. The summed E-state index contributed by atoms with van der Waals surface area (Å²) in [4.78, 5) is 9.74. The van der Waals surface area contributed by atoms with Crippen LogP contribution in [0.15, 0.2) is 18.5 Å². The van der Waals surface area contributed by atoms with Crippen molar-refractivity contribution in [2.45, 2.75) is 26.8 Å². The lowest BCUT2D eigenvalue weighted by Crippen LogP contribution is -2.28. The van der Waals surface area contributed by atoms with Gasteiger partial charge in [-0.1, -0.05) is 0 Å². The molecule has 0 fully saturated rings. The van der Waals surface area contributed by atoms with Gasteiger partial charge in [-0.25, -0.2) is 10.4 Å². The van der Waals surface area contributed by atoms with Crippen LogP contribution in [0.3, 0.4) is 0 Å². The fourth-order valence-electron chi connectivity index (χ4n) is 1.98. The zero-order valence-electron chi connectivity index (χ0n) is 11.3. The molecule has 0 radical (unpaired) electrons. The highest BCUT2D eigenvalue weighted by Gasteiger charge is 2.19. The quantitative estimate of drug-likeness (QED) is 0.647. The number of nitrogens with zero attached hydrogens (tertiary/aromatic N) is 2. The monoisotopic (exact) mass is 278 g/mol. The van der Waals surface area contributed by atoms with E-state index in [0.717, 1.165) is 26.9 Å². The van der Waals surface area contributed by atoms with Crippen molar-refractivity contribution < 1.29 is 4.74 Å². The Labute approximate surface area is 116 Å². The minimum Gasteiger partial charge on any atom is -0.492 e. The van der Waals surface area contributed by atoms with E-state index in [1.54, 1.807) is 23.7 Å². The van der Waals surface area contributed by atoms with Crippen LogP contribution in [0, 0.1) is 13.8 Å². The van der Waals surface area contributed by atoms with Gasteiger partial charge < -0.3 is 4.74 Å². The lowest BCUT2D eigenvalue weighted by molar-refractivity contribution is 0.338. The van der Waals surface area contributed by atoms with Crippen molar-refractivity contribution in [2.24, 2.45) is 5.84 Å². The normalized spacial score (nSPS) is 12.4. The molecular weight excluding hydrogens is 260 g/mol. The first-order valence-corrected chi connectivity index (χ1v) is 6.95. The Morgan fingerprint density at radius 2 is 2.21 bits per heavy atom. The summed E-state index contributed by atoms with van der Waals surface area (Å²) in [5.41, 5.74) is 4.80. The molecule has 3 N–H and O–H groups in total. The number of hydrogen-bond donors (Lipinski definition) is 2. The highest BCUT2D eigenvalue weighted by molar-refractivity contribution is 7.11. The van der Waals surface area contributed by atoms with Crippen LogP contribution < -0.4 is 16.0 Å². The molecule has 0 aromatic carbocycles. The lowest BCUT2D eigenvalue weighted by atomic mass is 10.1. The maximum Gasteiger partial charge on any atom is 0.137 e. The van der Waals surface area contributed by atoms with Gasteiger partial charge in [-0.05, 0) is 32.4 Å². The van der Waals surface area contributed by atoms with Crippen molar-refractivity contribution in [3.8, 4) is 5.75 Å². The van der Waals surface area contributed by atoms with Gasteiger partial charge in [0.25, 0.3) is 0 Å². The average molecular weight is 278 g/mol. The van der Waals surface area contributed by atoms with Crippen molar-refractivity contribution in [3.63, 3.8) is 0 Å². The number of nitrogens with two attached hydrogens (primary N) is 1. The molecule has 0 aliphatic carbocycles. The van der Waals surface area contributed by atoms with E-state index < -0.39 is 0 Å². The molecule has 2 aromatic rings. The molecule has 0 saturated carbocycles. The number of nitrogens with one attached hydrogen (secondary N) is 1. The second kappa shape index (κ2) is 6.10. The molecule has 0 spiro atoms. The number of pyridine rings is 1. The molecule has 102 valence electrons. The number of hydrogen-bond acceptors (Lipinski definition) is 6. The molecule has 0 aliphatic rings. The Hall–Kier alpha value is -1.50. The predicted octanol–water partition coefficient (Wildman–Crippen LogP) is 2.11. The Morgan fingerprint density at radius 1 is 1.42 bits per heavy atom. The molecule has 5 nitrogen and oxygen atoms in total. The van der Waals surface area contributed by atoms with E-state index >= 15 is 0 Å².